The molecule has 4 aromatic carbocycles. The van der Waals surface area contributed by atoms with E-state index in [2.05, 4.69) is 32.2 Å². The Hall–Kier alpha value is -5.58. The molecule has 61 heavy (non-hydrogen) atoms. The maximum Gasteiger partial charge on any atom is 0.247 e. The van der Waals surface area contributed by atoms with Gasteiger partial charge in [-0.3, -0.25) is 29.0 Å². The van der Waals surface area contributed by atoms with Crippen molar-refractivity contribution in [3.8, 4) is 11.3 Å². The van der Waals surface area contributed by atoms with Crippen LogP contribution in [0.25, 0.3) is 22.2 Å². The standard InChI is InChI=1S/C51H58N6O4/c58-46(44-19-13-31-56(44)50(60)47(38-15-5-1-6-16-38)54-27-9-3-10-28-54)34-36-21-26-42-40(33-36)35-43(53-42)37-22-24-41(25-23-37)52-49(59)45-20-14-32-57(45)51(61)48(39-17-7-2-8-18-39)55-29-11-4-12-30-55/h1-2,5-8,15-18,21-26,33,35,44-45,47-48,53H,3-4,9-14,19-20,27-32,34H2,(H,52,59)/t44-,45-,47+,48+/m0/s1. The number of Topliss-reactive ketones (excluding diaryl/α,β-unsaturated/α-hetero) is 1. The highest BCUT2D eigenvalue weighted by Crippen LogP contribution is 2.33. The fourth-order valence-corrected chi connectivity index (χ4v) is 10.4. The smallest absolute Gasteiger partial charge is 0.247 e. The van der Waals surface area contributed by atoms with Gasteiger partial charge in [0, 0.05) is 41.8 Å². The monoisotopic (exact) mass is 818 g/mol. The highest BCUT2D eigenvalue weighted by Gasteiger charge is 2.41. The van der Waals surface area contributed by atoms with Gasteiger partial charge in [0.2, 0.25) is 17.7 Å². The molecule has 2 N–H and O–H groups in total. The molecular formula is C51H58N6O4. The summed E-state index contributed by atoms with van der Waals surface area (Å²) in [6, 6.07) is 34.4. The van der Waals surface area contributed by atoms with Crippen LogP contribution in [0.2, 0.25) is 0 Å². The van der Waals surface area contributed by atoms with Crippen molar-refractivity contribution in [2.24, 2.45) is 0 Å². The average Bonchev–Trinajstić information content (AvgIpc) is 4.09. The van der Waals surface area contributed by atoms with Crippen LogP contribution in [0.15, 0.2) is 109 Å². The second-order valence-corrected chi connectivity index (χ2v) is 17.5. The number of hydrogen-bond acceptors (Lipinski definition) is 6. The number of aromatic nitrogens is 1. The van der Waals surface area contributed by atoms with Crippen LogP contribution in [-0.4, -0.2) is 99.4 Å². The normalized spacial score (nSPS) is 21.0. The van der Waals surface area contributed by atoms with Gasteiger partial charge in [-0.05, 0) is 130 Å². The second-order valence-electron chi connectivity index (χ2n) is 17.5. The van der Waals surface area contributed by atoms with Gasteiger partial charge in [-0.1, -0.05) is 91.7 Å². The lowest BCUT2D eigenvalue weighted by Crippen LogP contribution is -2.49. The zero-order valence-electron chi connectivity index (χ0n) is 35.1. The molecule has 4 saturated heterocycles. The molecule has 9 rings (SSSR count). The summed E-state index contributed by atoms with van der Waals surface area (Å²) in [4.78, 5) is 68.1. The van der Waals surface area contributed by atoms with Gasteiger partial charge >= 0.3 is 0 Å². The molecular weight excluding hydrogens is 761 g/mol. The number of aromatic amines is 1. The van der Waals surface area contributed by atoms with E-state index in [1.54, 1.807) is 0 Å². The number of hydrogen-bond donors (Lipinski definition) is 2. The third-order valence-corrected chi connectivity index (χ3v) is 13.5. The van der Waals surface area contributed by atoms with Gasteiger partial charge in [-0.2, -0.15) is 0 Å². The minimum absolute atomic E-state index is 0.0169. The van der Waals surface area contributed by atoms with Crippen LogP contribution in [0.5, 0.6) is 0 Å². The highest BCUT2D eigenvalue weighted by molar-refractivity contribution is 5.99. The molecule has 0 aliphatic carbocycles. The topological polar surface area (TPSA) is 109 Å². The van der Waals surface area contributed by atoms with E-state index in [0.717, 1.165) is 104 Å². The molecule has 0 radical (unpaired) electrons. The molecule has 4 atom stereocenters. The summed E-state index contributed by atoms with van der Waals surface area (Å²) in [6.07, 6.45) is 9.95. The van der Waals surface area contributed by atoms with Crippen LogP contribution in [-0.2, 0) is 25.6 Å². The Kier molecular flexibility index (Phi) is 12.4. The van der Waals surface area contributed by atoms with E-state index in [4.69, 9.17) is 0 Å². The Morgan fingerprint density at radius 2 is 1.11 bits per heavy atom. The summed E-state index contributed by atoms with van der Waals surface area (Å²) >= 11 is 0. The Bertz CT molecular complexity index is 2320. The van der Waals surface area contributed by atoms with Crippen molar-refractivity contribution < 1.29 is 19.2 Å². The van der Waals surface area contributed by atoms with Crippen LogP contribution in [0.1, 0.15) is 93.0 Å². The van der Waals surface area contributed by atoms with Gasteiger partial charge < -0.3 is 20.1 Å². The zero-order valence-corrected chi connectivity index (χ0v) is 35.1. The number of benzene rings is 4. The predicted octanol–water partition coefficient (Wildman–Crippen LogP) is 8.32. The third-order valence-electron chi connectivity index (χ3n) is 13.5. The molecule has 5 aromatic rings. The molecule has 0 spiro atoms. The first kappa shape index (κ1) is 40.8. The molecule has 0 unspecified atom stereocenters. The predicted molar refractivity (Wildman–Crippen MR) is 240 cm³/mol. The zero-order chi connectivity index (χ0) is 41.7. The van der Waals surface area contributed by atoms with Crippen molar-refractivity contribution in [2.75, 3.05) is 44.6 Å². The molecule has 1 aromatic heterocycles. The molecule has 316 valence electrons. The summed E-state index contributed by atoms with van der Waals surface area (Å²) in [5.74, 6) is 0.00586. The van der Waals surface area contributed by atoms with Gasteiger partial charge in [0.25, 0.3) is 0 Å². The molecule has 4 aliphatic heterocycles. The van der Waals surface area contributed by atoms with Crippen molar-refractivity contribution in [3.05, 3.63) is 126 Å². The Balaban J connectivity index is 0.842. The van der Waals surface area contributed by atoms with Crippen molar-refractivity contribution >= 4 is 40.1 Å². The van der Waals surface area contributed by atoms with E-state index in [1.165, 1.54) is 12.8 Å². The lowest BCUT2D eigenvalue weighted by atomic mass is 9.98. The lowest BCUT2D eigenvalue weighted by Gasteiger charge is -2.37. The average molecular weight is 819 g/mol. The summed E-state index contributed by atoms with van der Waals surface area (Å²) in [5, 5.41) is 4.12. The first-order valence-electron chi connectivity index (χ1n) is 22.7. The first-order chi connectivity index (χ1) is 29.9. The fourth-order valence-electron chi connectivity index (χ4n) is 10.4. The maximum atomic E-state index is 14.3. The highest BCUT2D eigenvalue weighted by atomic mass is 16.2. The van der Waals surface area contributed by atoms with E-state index in [1.807, 2.05) is 107 Å². The number of carbonyl (C=O) groups is 4. The first-order valence-corrected chi connectivity index (χ1v) is 22.7. The summed E-state index contributed by atoms with van der Waals surface area (Å²) in [5.41, 5.74) is 6.49. The SMILES string of the molecule is O=C(Cc1ccc2[nH]c(-c3ccc(NC(=O)[C@@H]4CCCN4C(=O)[C@@H](c4ccccc4)N4CCCCC4)cc3)cc2c1)[C@@H]1CCCN1C(=O)[C@@H](c1ccccc1)N1CCCCC1. The van der Waals surface area contributed by atoms with Crippen LogP contribution in [0.4, 0.5) is 5.69 Å². The second kappa shape index (κ2) is 18.6. The number of H-pyrrole nitrogens is 1. The van der Waals surface area contributed by atoms with Crippen LogP contribution in [0, 0.1) is 0 Å². The number of nitrogens with one attached hydrogen (secondary N) is 2. The van der Waals surface area contributed by atoms with Crippen LogP contribution < -0.4 is 5.32 Å². The van der Waals surface area contributed by atoms with Gasteiger partial charge in [0.05, 0.1) is 6.04 Å². The molecule has 0 saturated carbocycles. The summed E-state index contributed by atoms with van der Waals surface area (Å²) < 4.78 is 0. The van der Waals surface area contributed by atoms with Crippen molar-refractivity contribution in [3.63, 3.8) is 0 Å². The number of carbonyl (C=O) groups excluding carboxylic acids is 4. The molecule has 4 fully saturated rings. The van der Waals surface area contributed by atoms with E-state index < -0.39 is 12.1 Å². The van der Waals surface area contributed by atoms with Gasteiger partial charge in [0.15, 0.2) is 5.78 Å². The third kappa shape index (κ3) is 8.93. The van der Waals surface area contributed by atoms with Crippen molar-refractivity contribution in [1.82, 2.24) is 24.6 Å². The summed E-state index contributed by atoms with van der Waals surface area (Å²) in [6.45, 7) is 4.76. The molecule has 3 amide bonds. The minimum atomic E-state index is -0.513. The molecule has 4 aliphatic rings. The molecule has 10 heteroatoms. The molecule has 0 bridgehead atoms. The fraction of sp³-hybridized carbons (Fsp3) is 0.412. The van der Waals surface area contributed by atoms with E-state index in [-0.39, 0.29) is 42.0 Å². The maximum absolute atomic E-state index is 14.3. The Labute approximate surface area is 359 Å². The molecule has 5 heterocycles. The lowest BCUT2D eigenvalue weighted by molar-refractivity contribution is -0.142. The van der Waals surface area contributed by atoms with Gasteiger partial charge in [-0.15, -0.1) is 0 Å². The number of amides is 3. The minimum Gasteiger partial charge on any atom is -0.355 e. The number of fused-ring (bicyclic) bond motifs is 1. The molecule has 10 nitrogen and oxygen atoms in total. The number of nitrogens with zero attached hydrogens (tertiary/aromatic N) is 4. The van der Waals surface area contributed by atoms with Crippen molar-refractivity contribution in [2.45, 2.75) is 94.8 Å². The van der Waals surface area contributed by atoms with Crippen LogP contribution in [0.3, 0.4) is 0 Å². The van der Waals surface area contributed by atoms with E-state index in [9.17, 15) is 19.2 Å². The Morgan fingerprint density at radius 1 is 0.574 bits per heavy atom. The van der Waals surface area contributed by atoms with Gasteiger partial charge in [0.1, 0.15) is 18.1 Å². The Morgan fingerprint density at radius 3 is 1.69 bits per heavy atom. The number of piperidine rings is 2. The number of ketones is 1. The van der Waals surface area contributed by atoms with Gasteiger partial charge in [-0.25, -0.2) is 0 Å². The quantitative estimate of drug-likeness (QED) is 0.131. The summed E-state index contributed by atoms with van der Waals surface area (Å²) in [7, 11) is 0. The number of likely N-dealkylation sites (tertiary alicyclic amines) is 4. The van der Waals surface area contributed by atoms with E-state index in [0.29, 0.717) is 31.6 Å². The van der Waals surface area contributed by atoms with E-state index >= 15 is 0 Å². The largest absolute Gasteiger partial charge is 0.355 e. The number of anilines is 1. The number of rotatable bonds is 12. The van der Waals surface area contributed by atoms with Crippen LogP contribution >= 0.6 is 0 Å². The van der Waals surface area contributed by atoms with Crippen molar-refractivity contribution in [1.29, 1.82) is 0 Å².